The smallest absolute Gasteiger partial charge is 0.317 e. The lowest BCUT2D eigenvalue weighted by molar-refractivity contribution is 0.114. The standard InChI is InChI=1S/C29H41N7O/c1-21(2)32-28(37)34-16-14-33(15-17-34)26-10-11-31-36-19-24(18-27(26)36)23-6-8-25(9-7-23)29(5)20-35(22(3)4)13-12-30-29/h6-11,18-19,21-22,30H,12-17,20H2,1-5H3,(H,32,37). The molecule has 0 saturated carbocycles. The Morgan fingerprint density at radius 2 is 1.73 bits per heavy atom. The molecule has 0 radical (unpaired) electrons. The number of amides is 2. The summed E-state index contributed by atoms with van der Waals surface area (Å²) in [6, 6.07) is 14.0. The van der Waals surface area contributed by atoms with Gasteiger partial charge in [-0.05, 0) is 57.9 Å². The molecule has 8 nitrogen and oxygen atoms in total. The summed E-state index contributed by atoms with van der Waals surface area (Å²) < 4.78 is 1.97. The van der Waals surface area contributed by atoms with Gasteiger partial charge >= 0.3 is 6.03 Å². The van der Waals surface area contributed by atoms with Gasteiger partial charge in [-0.15, -0.1) is 0 Å². The highest BCUT2D eigenvalue weighted by Crippen LogP contribution is 2.31. The Hall–Kier alpha value is -3.10. The highest BCUT2D eigenvalue weighted by Gasteiger charge is 2.33. The number of urea groups is 1. The molecule has 1 unspecified atom stereocenters. The van der Waals surface area contributed by atoms with E-state index in [0.29, 0.717) is 19.1 Å². The van der Waals surface area contributed by atoms with Gasteiger partial charge in [0.15, 0.2) is 0 Å². The molecule has 2 fully saturated rings. The van der Waals surface area contributed by atoms with Crippen LogP contribution in [0.25, 0.3) is 16.6 Å². The van der Waals surface area contributed by atoms with Crippen LogP contribution in [0, 0.1) is 0 Å². The number of hydrogen-bond acceptors (Lipinski definition) is 5. The number of hydrogen-bond donors (Lipinski definition) is 2. The first-order valence-corrected chi connectivity index (χ1v) is 13.6. The molecular weight excluding hydrogens is 462 g/mol. The Kier molecular flexibility index (Phi) is 7.14. The number of nitrogens with one attached hydrogen (secondary N) is 2. The van der Waals surface area contributed by atoms with Gasteiger partial charge in [-0.3, -0.25) is 4.90 Å². The summed E-state index contributed by atoms with van der Waals surface area (Å²) in [7, 11) is 0. The molecule has 0 bridgehead atoms. The van der Waals surface area contributed by atoms with Gasteiger partial charge in [-0.1, -0.05) is 24.3 Å². The summed E-state index contributed by atoms with van der Waals surface area (Å²) in [5, 5.41) is 11.3. The van der Waals surface area contributed by atoms with Gasteiger partial charge < -0.3 is 20.4 Å². The number of carbonyl (C=O) groups is 1. The normalized spacial score (nSPS) is 21.3. The van der Waals surface area contributed by atoms with E-state index < -0.39 is 0 Å². The number of aromatic nitrogens is 2. The minimum atomic E-state index is -0.0462. The number of anilines is 1. The fourth-order valence-corrected chi connectivity index (χ4v) is 5.60. The maximum absolute atomic E-state index is 12.4. The van der Waals surface area contributed by atoms with Crippen LogP contribution in [0.1, 0.15) is 40.2 Å². The zero-order valence-electron chi connectivity index (χ0n) is 22.9. The predicted octanol–water partition coefficient (Wildman–Crippen LogP) is 3.77. The SMILES string of the molecule is CC(C)NC(=O)N1CCN(c2ccnn3cc(-c4ccc(C5(C)CN(C(C)C)CCN5)cc4)cc23)CC1. The van der Waals surface area contributed by atoms with Gasteiger partial charge in [0.2, 0.25) is 0 Å². The average molecular weight is 504 g/mol. The molecule has 0 spiro atoms. The van der Waals surface area contributed by atoms with Crippen LogP contribution in [-0.2, 0) is 5.54 Å². The average Bonchev–Trinajstić information content (AvgIpc) is 3.33. The monoisotopic (exact) mass is 503 g/mol. The second kappa shape index (κ2) is 10.3. The van der Waals surface area contributed by atoms with Crippen molar-refractivity contribution in [2.24, 2.45) is 0 Å². The lowest BCUT2D eigenvalue weighted by atomic mass is 9.88. The summed E-state index contributed by atoms with van der Waals surface area (Å²) in [6.45, 7) is 17.0. The molecule has 8 heteroatoms. The summed E-state index contributed by atoms with van der Waals surface area (Å²) in [4.78, 5) is 19.2. The van der Waals surface area contributed by atoms with Crippen LogP contribution in [0.2, 0.25) is 0 Å². The van der Waals surface area contributed by atoms with Crippen molar-refractivity contribution in [3.8, 4) is 11.1 Å². The highest BCUT2D eigenvalue weighted by molar-refractivity contribution is 5.80. The van der Waals surface area contributed by atoms with Crippen molar-refractivity contribution in [3.63, 3.8) is 0 Å². The summed E-state index contributed by atoms with van der Waals surface area (Å²) >= 11 is 0. The Balaban J connectivity index is 1.33. The Morgan fingerprint density at radius 3 is 2.41 bits per heavy atom. The van der Waals surface area contributed by atoms with Crippen molar-refractivity contribution in [1.82, 2.24) is 30.0 Å². The third-order valence-electron chi connectivity index (χ3n) is 7.83. The van der Waals surface area contributed by atoms with Crippen LogP contribution >= 0.6 is 0 Å². The minimum absolute atomic E-state index is 0.0251. The molecule has 2 aromatic heterocycles. The fourth-order valence-electron chi connectivity index (χ4n) is 5.60. The molecule has 4 heterocycles. The summed E-state index contributed by atoms with van der Waals surface area (Å²) in [5.74, 6) is 0. The molecular formula is C29H41N7O. The molecule has 5 rings (SSSR count). The van der Waals surface area contributed by atoms with Gasteiger partial charge in [0.25, 0.3) is 0 Å². The number of piperazine rings is 2. The molecule has 3 aromatic rings. The number of nitrogens with zero attached hydrogens (tertiary/aromatic N) is 5. The lowest BCUT2D eigenvalue weighted by Crippen LogP contribution is -2.58. The topological polar surface area (TPSA) is 68.2 Å². The second-order valence-corrected chi connectivity index (χ2v) is 11.3. The van der Waals surface area contributed by atoms with Crippen molar-refractivity contribution < 1.29 is 4.79 Å². The van der Waals surface area contributed by atoms with E-state index in [1.165, 1.54) is 11.1 Å². The second-order valence-electron chi connectivity index (χ2n) is 11.3. The Labute approximate surface area is 220 Å². The van der Waals surface area contributed by atoms with Crippen molar-refractivity contribution in [2.75, 3.05) is 50.7 Å². The van der Waals surface area contributed by atoms with Crippen LogP contribution in [-0.4, -0.2) is 83.3 Å². The van der Waals surface area contributed by atoms with E-state index in [9.17, 15) is 4.79 Å². The first-order valence-electron chi connectivity index (χ1n) is 13.6. The molecule has 198 valence electrons. The van der Waals surface area contributed by atoms with Crippen molar-refractivity contribution in [2.45, 2.75) is 52.2 Å². The quantitative estimate of drug-likeness (QED) is 0.555. The molecule has 2 amide bonds. The lowest BCUT2D eigenvalue weighted by Gasteiger charge is -2.43. The van der Waals surface area contributed by atoms with Crippen molar-refractivity contribution in [1.29, 1.82) is 0 Å². The zero-order chi connectivity index (χ0) is 26.2. The van der Waals surface area contributed by atoms with Gasteiger partial charge in [0.05, 0.1) is 16.7 Å². The van der Waals surface area contributed by atoms with E-state index in [1.54, 1.807) is 0 Å². The van der Waals surface area contributed by atoms with Crippen molar-refractivity contribution in [3.05, 3.63) is 54.4 Å². The fraction of sp³-hybridized carbons (Fsp3) is 0.517. The van der Waals surface area contributed by atoms with E-state index in [2.05, 4.69) is 88.9 Å². The molecule has 2 aliphatic heterocycles. The molecule has 37 heavy (non-hydrogen) atoms. The Bertz CT molecular complexity index is 1230. The molecule has 2 aliphatic rings. The maximum atomic E-state index is 12.4. The minimum Gasteiger partial charge on any atom is -0.366 e. The van der Waals surface area contributed by atoms with Crippen LogP contribution < -0.4 is 15.5 Å². The number of benzene rings is 1. The van der Waals surface area contributed by atoms with Gasteiger partial charge in [-0.2, -0.15) is 5.10 Å². The summed E-state index contributed by atoms with van der Waals surface area (Å²) in [5.41, 5.74) is 5.88. The van der Waals surface area contributed by atoms with Crippen LogP contribution in [0.15, 0.2) is 48.8 Å². The van der Waals surface area contributed by atoms with Crippen molar-refractivity contribution >= 4 is 17.2 Å². The van der Waals surface area contributed by atoms with Crippen LogP contribution in [0.4, 0.5) is 10.5 Å². The number of carbonyl (C=O) groups excluding carboxylic acids is 1. The number of rotatable bonds is 5. The first-order chi connectivity index (χ1) is 17.7. The van der Waals surface area contributed by atoms with E-state index in [1.807, 2.05) is 29.5 Å². The molecule has 0 aliphatic carbocycles. The third-order valence-corrected chi connectivity index (χ3v) is 7.83. The number of fused-ring (bicyclic) bond motifs is 1. The maximum Gasteiger partial charge on any atom is 0.317 e. The molecule has 1 aromatic carbocycles. The molecule has 2 N–H and O–H groups in total. The van der Waals surface area contributed by atoms with E-state index >= 15 is 0 Å². The van der Waals surface area contributed by atoms with Gasteiger partial charge in [0.1, 0.15) is 0 Å². The Morgan fingerprint density at radius 1 is 1.00 bits per heavy atom. The summed E-state index contributed by atoms with van der Waals surface area (Å²) in [6.07, 6.45) is 3.98. The van der Waals surface area contributed by atoms with E-state index in [0.717, 1.165) is 49.5 Å². The first kappa shape index (κ1) is 25.5. The van der Waals surface area contributed by atoms with Crippen LogP contribution in [0.5, 0.6) is 0 Å². The highest BCUT2D eigenvalue weighted by atomic mass is 16.2. The van der Waals surface area contributed by atoms with E-state index in [-0.39, 0.29) is 17.6 Å². The van der Waals surface area contributed by atoms with Gasteiger partial charge in [-0.25, -0.2) is 9.31 Å². The predicted molar refractivity (Wildman–Crippen MR) is 150 cm³/mol. The molecule has 1 atom stereocenters. The zero-order valence-corrected chi connectivity index (χ0v) is 22.9. The van der Waals surface area contributed by atoms with Gasteiger partial charge in [0, 0.05) is 75.9 Å². The van der Waals surface area contributed by atoms with E-state index in [4.69, 9.17) is 0 Å². The molecule has 2 saturated heterocycles. The largest absolute Gasteiger partial charge is 0.366 e. The third kappa shape index (κ3) is 5.31. The van der Waals surface area contributed by atoms with Crippen LogP contribution in [0.3, 0.4) is 0 Å².